The Kier molecular flexibility index (Phi) is 5.35. The number of ether oxygens (including phenoxy) is 1. The predicted octanol–water partition coefficient (Wildman–Crippen LogP) is 2.40. The molecule has 0 radical (unpaired) electrons. The first-order chi connectivity index (χ1) is 12.0. The summed E-state index contributed by atoms with van der Waals surface area (Å²) in [5.41, 5.74) is 0.768. The number of hydrogen-bond donors (Lipinski definition) is 2. The van der Waals surface area contributed by atoms with Crippen LogP contribution in [0.3, 0.4) is 0 Å². The van der Waals surface area contributed by atoms with E-state index in [0.717, 1.165) is 19.4 Å². The number of benzene rings is 2. The molecule has 2 N–H and O–H groups in total. The predicted molar refractivity (Wildman–Crippen MR) is 95.0 cm³/mol. The lowest BCUT2D eigenvalue weighted by atomic mass is 10.2. The summed E-state index contributed by atoms with van der Waals surface area (Å²) in [6, 6.07) is 14.6. The second-order valence-corrected chi connectivity index (χ2v) is 7.53. The molecule has 2 aromatic carbocycles. The van der Waals surface area contributed by atoms with Crippen molar-refractivity contribution in [2.45, 2.75) is 23.8 Å². The summed E-state index contributed by atoms with van der Waals surface area (Å²) in [5, 5.41) is 2.79. The van der Waals surface area contributed by atoms with Crippen LogP contribution in [0.1, 0.15) is 23.2 Å². The second-order valence-electron chi connectivity index (χ2n) is 5.84. The summed E-state index contributed by atoms with van der Waals surface area (Å²) in [6.45, 7) is 1.15. The van der Waals surface area contributed by atoms with Gasteiger partial charge < -0.3 is 10.1 Å². The Morgan fingerprint density at radius 1 is 1.12 bits per heavy atom. The molecule has 6 nitrogen and oxygen atoms in total. The lowest BCUT2D eigenvalue weighted by Gasteiger charge is -2.12. The molecule has 1 aliphatic rings. The third-order valence-corrected chi connectivity index (χ3v) is 5.33. The second kappa shape index (κ2) is 7.67. The van der Waals surface area contributed by atoms with Gasteiger partial charge in [0.05, 0.1) is 11.0 Å². The van der Waals surface area contributed by atoms with Crippen molar-refractivity contribution in [1.82, 2.24) is 5.32 Å². The van der Waals surface area contributed by atoms with E-state index in [2.05, 4.69) is 10.0 Å². The van der Waals surface area contributed by atoms with Crippen LogP contribution < -0.4 is 10.0 Å². The largest absolute Gasteiger partial charge is 0.376 e. The highest BCUT2D eigenvalue weighted by Gasteiger charge is 2.19. The van der Waals surface area contributed by atoms with Crippen LogP contribution in [0, 0.1) is 0 Å². The Morgan fingerprint density at radius 2 is 1.92 bits per heavy atom. The van der Waals surface area contributed by atoms with Crippen LogP contribution in [-0.4, -0.2) is 33.6 Å². The van der Waals surface area contributed by atoms with Crippen LogP contribution in [0.5, 0.6) is 0 Å². The van der Waals surface area contributed by atoms with Crippen molar-refractivity contribution in [1.29, 1.82) is 0 Å². The number of hydrogen-bond acceptors (Lipinski definition) is 4. The van der Waals surface area contributed by atoms with Crippen molar-refractivity contribution < 1.29 is 17.9 Å². The zero-order chi connectivity index (χ0) is 17.7. The molecule has 132 valence electrons. The standard InChI is InChI=1S/C18H20N2O4S/c21-18(19-13-16-9-5-11-24-16)14-6-4-10-17(12-14)25(22,23)20-15-7-2-1-3-8-15/h1-4,6-8,10,12,16,20H,5,9,11,13H2,(H,19,21)/t16-/m1/s1. The maximum Gasteiger partial charge on any atom is 0.261 e. The first-order valence-electron chi connectivity index (χ1n) is 8.12. The van der Waals surface area contributed by atoms with Gasteiger partial charge in [0.15, 0.2) is 0 Å². The van der Waals surface area contributed by atoms with Gasteiger partial charge in [-0.15, -0.1) is 0 Å². The fourth-order valence-corrected chi connectivity index (χ4v) is 3.74. The molecule has 1 fully saturated rings. The molecule has 1 aliphatic heterocycles. The molecule has 1 atom stereocenters. The van der Waals surface area contributed by atoms with Gasteiger partial charge in [0.25, 0.3) is 15.9 Å². The Labute approximate surface area is 147 Å². The van der Waals surface area contributed by atoms with E-state index < -0.39 is 10.0 Å². The quantitative estimate of drug-likeness (QED) is 0.828. The van der Waals surface area contributed by atoms with Crippen LogP contribution >= 0.6 is 0 Å². The van der Waals surface area contributed by atoms with E-state index in [4.69, 9.17) is 4.74 Å². The maximum absolute atomic E-state index is 12.5. The monoisotopic (exact) mass is 360 g/mol. The highest BCUT2D eigenvalue weighted by Crippen LogP contribution is 2.17. The molecule has 2 aromatic rings. The molecule has 0 aromatic heterocycles. The lowest BCUT2D eigenvalue weighted by Crippen LogP contribution is -2.31. The number of anilines is 1. The van der Waals surface area contributed by atoms with Crippen LogP contribution in [0.15, 0.2) is 59.5 Å². The molecule has 0 spiro atoms. The van der Waals surface area contributed by atoms with Gasteiger partial charge in [-0.05, 0) is 43.2 Å². The number of carbonyl (C=O) groups is 1. The minimum absolute atomic E-state index is 0.0376. The fraction of sp³-hybridized carbons (Fsp3) is 0.278. The Balaban J connectivity index is 1.70. The minimum atomic E-state index is -3.75. The summed E-state index contributed by atoms with van der Waals surface area (Å²) >= 11 is 0. The van der Waals surface area contributed by atoms with Crippen molar-refractivity contribution >= 4 is 21.6 Å². The Morgan fingerprint density at radius 3 is 2.64 bits per heavy atom. The third-order valence-electron chi connectivity index (χ3n) is 3.95. The summed E-state index contributed by atoms with van der Waals surface area (Å²) in [6.07, 6.45) is 1.96. The van der Waals surface area contributed by atoms with Gasteiger partial charge in [-0.1, -0.05) is 24.3 Å². The van der Waals surface area contributed by atoms with E-state index in [1.807, 2.05) is 0 Å². The molecule has 0 aliphatic carbocycles. The van der Waals surface area contributed by atoms with Gasteiger partial charge in [-0.25, -0.2) is 8.42 Å². The molecule has 1 saturated heterocycles. The van der Waals surface area contributed by atoms with Crippen LogP contribution in [0.2, 0.25) is 0 Å². The third kappa shape index (κ3) is 4.58. The summed E-state index contributed by atoms with van der Waals surface area (Å²) in [7, 11) is -3.75. The van der Waals surface area contributed by atoms with Gasteiger partial charge >= 0.3 is 0 Å². The van der Waals surface area contributed by atoms with Crippen molar-refractivity contribution in [3.8, 4) is 0 Å². The van der Waals surface area contributed by atoms with Gasteiger partial charge in [0.1, 0.15) is 0 Å². The number of carbonyl (C=O) groups excluding carboxylic acids is 1. The van der Waals surface area contributed by atoms with Gasteiger partial charge in [0, 0.05) is 24.4 Å². The number of para-hydroxylation sites is 1. The van der Waals surface area contributed by atoms with Crippen molar-refractivity contribution in [2.24, 2.45) is 0 Å². The first kappa shape index (κ1) is 17.4. The summed E-state index contributed by atoms with van der Waals surface area (Å²) < 4.78 is 32.9. The highest BCUT2D eigenvalue weighted by atomic mass is 32.2. The van der Waals surface area contributed by atoms with E-state index in [-0.39, 0.29) is 16.9 Å². The fourth-order valence-electron chi connectivity index (χ4n) is 2.64. The SMILES string of the molecule is O=C(NC[C@H]1CCCO1)c1cccc(S(=O)(=O)Nc2ccccc2)c1. The van der Waals surface area contributed by atoms with Gasteiger partial charge in [0.2, 0.25) is 0 Å². The lowest BCUT2D eigenvalue weighted by molar-refractivity contribution is 0.0857. The zero-order valence-corrected chi connectivity index (χ0v) is 14.5. The van der Waals surface area contributed by atoms with E-state index in [0.29, 0.717) is 17.8 Å². The average Bonchev–Trinajstić information content (AvgIpc) is 3.14. The molecule has 1 amide bonds. The molecule has 3 rings (SSSR count). The van der Waals surface area contributed by atoms with Crippen LogP contribution in [0.25, 0.3) is 0 Å². The van der Waals surface area contributed by atoms with Crippen LogP contribution in [-0.2, 0) is 14.8 Å². The molecular weight excluding hydrogens is 340 g/mol. The van der Waals surface area contributed by atoms with E-state index in [9.17, 15) is 13.2 Å². The topological polar surface area (TPSA) is 84.5 Å². The minimum Gasteiger partial charge on any atom is -0.376 e. The number of amides is 1. The molecule has 1 heterocycles. The zero-order valence-electron chi connectivity index (χ0n) is 13.6. The van der Waals surface area contributed by atoms with Crippen LogP contribution in [0.4, 0.5) is 5.69 Å². The van der Waals surface area contributed by atoms with Gasteiger partial charge in [-0.2, -0.15) is 0 Å². The summed E-state index contributed by atoms with van der Waals surface area (Å²) in [4.78, 5) is 12.3. The highest BCUT2D eigenvalue weighted by molar-refractivity contribution is 7.92. The van der Waals surface area contributed by atoms with E-state index in [1.54, 1.807) is 42.5 Å². The maximum atomic E-state index is 12.5. The van der Waals surface area contributed by atoms with Crippen molar-refractivity contribution in [2.75, 3.05) is 17.9 Å². The van der Waals surface area contributed by atoms with Gasteiger partial charge in [-0.3, -0.25) is 9.52 Å². The number of rotatable bonds is 6. The van der Waals surface area contributed by atoms with E-state index in [1.165, 1.54) is 12.1 Å². The van der Waals surface area contributed by atoms with Crippen molar-refractivity contribution in [3.63, 3.8) is 0 Å². The number of nitrogens with one attached hydrogen (secondary N) is 2. The normalized spacial score (nSPS) is 17.2. The molecule has 0 saturated carbocycles. The van der Waals surface area contributed by atoms with Crippen molar-refractivity contribution in [3.05, 3.63) is 60.2 Å². The summed E-state index contributed by atoms with van der Waals surface area (Å²) in [5.74, 6) is -0.313. The molecule has 25 heavy (non-hydrogen) atoms. The molecular formula is C18H20N2O4S. The molecule has 7 heteroatoms. The molecule has 0 unspecified atom stereocenters. The number of sulfonamides is 1. The Bertz CT molecular complexity index is 831. The first-order valence-corrected chi connectivity index (χ1v) is 9.61. The van der Waals surface area contributed by atoms with E-state index >= 15 is 0 Å². The molecule has 0 bridgehead atoms. The average molecular weight is 360 g/mol. The smallest absolute Gasteiger partial charge is 0.261 e. The Hall–Kier alpha value is -2.38.